The van der Waals surface area contributed by atoms with Crippen molar-refractivity contribution in [2.45, 2.75) is 249 Å². The maximum Gasteiger partial charge on any atom is 0.410 e. The van der Waals surface area contributed by atoms with Crippen LogP contribution in [0.25, 0.3) is 58.2 Å². The van der Waals surface area contributed by atoms with Gasteiger partial charge in [0.1, 0.15) is 46.3 Å². The Morgan fingerprint density at radius 3 is 0.886 bits per heavy atom. The number of ether oxygens (including phenoxy) is 1. The second kappa shape index (κ2) is 45.0. The van der Waals surface area contributed by atoms with Gasteiger partial charge in [-0.2, -0.15) is 0 Å². The van der Waals surface area contributed by atoms with Crippen molar-refractivity contribution in [3.63, 3.8) is 0 Å². The molecule has 2 saturated carbocycles. The Kier molecular flexibility index (Phi) is 32.3. The van der Waals surface area contributed by atoms with Crippen LogP contribution < -0.4 is 31.9 Å². The van der Waals surface area contributed by atoms with Crippen LogP contribution >= 0.6 is 0 Å². The molecule has 5 aromatic heterocycles. The van der Waals surface area contributed by atoms with Crippen molar-refractivity contribution in [3.8, 4) is 0 Å². The molecule has 2 unspecified atom stereocenters. The van der Waals surface area contributed by atoms with Crippen LogP contribution in [0.15, 0.2) is 91.0 Å². The third-order valence-electron chi connectivity index (χ3n) is 30.3. The fraction of sp³-hybridized carbons (Fsp3) is 0.385. The molecule has 5 fully saturated rings. The molecule has 0 spiro atoms. The zero-order chi connectivity index (χ0) is 107. The Hall–Kier alpha value is -15.0. The number of hydrogen-bond acceptors (Lipinski definition) is 14. The van der Waals surface area contributed by atoms with Gasteiger partial charge in [0.15, 0.2) is 17.3 Å². The number of carbonyl (C=O) groups is 12. The smallest absolute Gasteiger partial charge is 0.410 e. The van der Waals surface area contributed by atoms with E-state index in [9.17, 15) is 79.5 Å². The Bertz CT molecular complexity index is 7080. The van der Waals surface area contributed by atoms with Crippen LogP contribution in [-0.4, -0.2) is 168 Å². The number of aryl methyl sites for hydroxylation is 5. The van der Waals surface area contributed by atoms with Crippen LogP contribution in [0, 0.1) is 110 Å². The number of nitrogens with zero attached hydrogens (tertiary/aromatic N) is 3. The van der Waals surface area contributed by atoms with E-state index < -0.39 is 35.4 Å². The first-order valence-corrected chi connectivity index (χ1v) is 51.3. The quantitative estimate of drug-likeness (QED) is 0.0250. The first-order valence-electron chi connectivity index (χ1n) is 51.3. The van der Waals surface area contributed by atoms with E-state index in [0.29, 0.717) is 152 Å². The molecule has 3 atom stereocenters. The predicted octanol–water partition coefficient (Wildman–Crippen LogP) is 21.3. The number of piperidine rings is 2. The molecule has 10 aliphatic rings. The molecule has 13 heterocycles. The van der Waals surface area contributed by atoms with Crippen LogP contribution in [0.5, 0.6) is 0 Å². The molecule has 0 radical (unpaired) electrons. The van der Waals surface area contributed by atoms with Crippen molar-refractivity contribution in [1.29, 1.82) is 0 Å². The van der Waals surface area contributed by atoms with Gasteiger partial charge in [-0.25, -0.2) is 31.5 Å². The first-order chi connectivity index (χ1) is 70.9. The second-order valence-corrected chi connectivity index (χ2v) is 41.7. The molecule has 3 saturated heterocycles. The maximum absolute atomic E-state index is 13.8. The highest BCUT2D eigenvalue weighted by Crippen LogP contribution is 2.43. The lowest BCUT2D eigenvalue weighted by Crippen LogP contribution is -2.50. The molecule has 2 aliphatic carbocycles. The largest absolute Gasteiger partial charge is 0.444 e. The Morgan fingerprint density at radius 2 is 0.604 bits per heavy atom. The molecule has 10 aromatic rings. The van der Waals surface area contributed by atoms with Crippen LogP contribution in [-0.2, 0) is 84.8 Å². The van der Waals surface area contributed by atoms with Gasteiger partial charge in [-0.1, -0.05) is 32.1 Å². The Balaban J connectivity index is 0.000000133. The van der Waals surface area contributed by atoms with Crippen molar-refractivity contribution in [2.24, 2.45) is 11.8 Å². The number of anilines is 5. The van der Waals surface area contributed by atoms with Crippen LogP contribution in [0.2, 0.25) is 0 Å². The number of H-pyrrole nitrogens is 5. The Labute approximate surface area is 862 Å². The zero-order valence-electron chi connectivity index (χ0n) is 86.9. The van der Waals surface area contributed by atoms with Crippen LogP contribution in [0.3, 0.4) is 0 Å². The first kappa shape index (κ1) is 107. The number of Topliss-reactive ketones (excluding diaryl/α,β-unsaturated/α-hetero) is 5. The summed E-state index contributed by atoms with van der Waals surface area (Å²) in [6.07, 6.45) is 25.3. The highest BCUT2D eigenvalue weighted by Gasteiger charge is 2.40. The van der Waals surface area contributed by atoms with Gasteiger partial charge in [0.05, 0.1) is 46.0 Å². The van der Waals surface area contributed by atoms with E-state index in [-0.39, 0.29) is 101 Å². The number of nitrogens with one attached hydrogen (secondary N) is 11. The number of urea groups is 1. The average Bonchev–Trinajstić information content (AvgIpc) is 1.65. The Morgan fingerprint density at radius 1 is 0.342 bits per heavy atom. The number of ketones is 5. The van der Waals surface area contributed by atoms with E-state index >= 15 is 0 Å². The van der Waals surface area contributed by atoms with Crippen molar-refractivity contribution >= 4 is 157 Å². The van der Waals surface area contributed by atoms with Gasteiger partial charge < -0.3 is 71.4 Å². The molecule has 0 bridgehead atoms. The molecule has 5 aromatic carbocycles. The van der Waals surface area contributed by atoms with Gasteiger partial charge in [0.2, 0.25) is 0 Å². The van der Waals surface area contributed by atoms with Gasteiger partial charge in [0, 0.05) is 184 Å². The fourth-order valence-corrected chi connectivity index (χ4v) is 21.9. The minimum absolute atomic E-state index is 0.00753. The fourth-order valence-electron chi connectivity index (χ4n) is 21.9. The third-order valence-corrected chi connectivity index (χ3v) is 30.3. The summed E-state index contributed by atoms with van der Waals surface area (Å²) in [5.74, 6) is -2.13. The summed E-state index contributed by atoms with van der Waals surface area (Å²) in [7, 11) is 3.37. The number of carbonyl (C=O) groups excluding carboxylic acids is 12. The minimum Gasteiger partial charge on any atom is -0.444 e. The third kappa shape index (κ3) is 23.8. The van der Waals surface area contributed by atoms with Gasteiger partial charge in [-0.3, -0.25) is 52.8 Å². The summed E-state index contributed by atoms with van der Waals surface area (Å²) in [5, 5.41) is 17.1. The molecule has 8 aliphatic heterocycles. The number of benzene rings is 5. The zero-order valence-corrected chi connectivity index (χ0v) is 86.9. The summed E-state index contributed by atoms with van der Waals surface area (Å²) in [4.78, 5) is 173. The number of likely N-dealkylation sites (tertiary alicyclic amines) is 2. The summed E-state index contributed by atoms with van der Waals surface area (Å²) in [6, 6.07) is 20.0. The van der Waals surface area contributed by atoms with E-state index in [1.54, 1.807) is 84.6 Å². The molecule has 32 heteroatoms. The van der Waals surface area contributed by atoms with E-state index in [1.807, 2.05) is 90.0 Å². The van der Waals surface area contributed by atoms with Gasteiger partial charge in [0.25, 0.3) is 29.5 Å². The van der Waals surface area contributed by atoms with Gasteiger partial charge in [-0.15, -0.1) is 0 Å². The summed E-state index contributed by atoms with van der Waals surface area (Å²) in [5.41, 5.74) is 24.7. The molecule has 149 heavy (non-hydrogen) atoms. The van der Waals surface area contributed by atoms with Crippen LogP contribution in [0.1, 0.15) is 264 Å². The number of aromatic amines is 5. The monoisotopic (exact) mass is 2030 g/mol. The van der Waals surface area contributed by atoms with E-state index in [1.165, 1.54) is 65.6 Å². The number of halogens is 5. The summed E-state index contributed by atoms with van der Waals surface area (Å²) in [6.45, 7) is 26.7. The van der Waals surface area contributed by atoms with E-state index in [2.05, 4.69) is 56.8 Å². The SMILES string of the molecule is Cc1[nH]c(/C=C2\C(=O)Nc3ccc(F)cc32)c(C)c1CC(=O)C1CCCC1.Cc1[nH]c(/C=C2\C(=O)Nc3ccc(F)cc32)c(C)c1CC(=O)C1CCCC1.Cc1[nH]c(/C=C2\C(=O)Nc3ccc(F)cc32)c(C)c1CC(=O)C1CCCCN1.Cc1[nH]c(/C=C2\C(=O)Nc3ccc(F)cc32)c(C)c1CC(=O)C1CCCCN1C(=O)OC(C)(C)C.Cc1[nH]c(/C=C2\C(=O)Nc3ccc(F)cc32)c(C)c1CC(=O)[C@H]1CCCN1C(=O)N(C)C. The van der Waals surface area contributed by atoms with E-state index in [4.69, 9.17) is 4.74 Å². The second-order valence-electron chi connectivity index (χ2n) is 41.7. The number of amides is 8. The van der Waals surface area contributed by atoms with Crippen molar-refractivity contribution < 1.29 is 84.2 Å². The highest BCUT2D eigenvalue weighted by atomic mass is 19.1. The van der Waals surface area contributed by atoms with Crippen molar-refractivity contribution in [2.75, 3.05) is 60.3 Å². The lowest BCUT2D eigenvalue weighted by molar-refractivity contribution is -0.125. The molecule has 20 rings (SSSR count). The van der Waals surface area contributed by atoms with Gasteiger partial charge >= 0.3 is 12.1 Å². The number of aromatic nitrogens is 5. The highest BCUT2D eigenvalue weighted by molar-refractivity contribution is 6.38. The molecule has 11 N–H and O–H groups in total. The van der Waals surface area contributed by atoms with Crippen molar-refractivity contribution in [3.05, 3.63) is 260 Å². The summed E-state index contributed by atoms with van der Waals surface area (Å²) >= 11 is 0. The lowest BCUT2D eigenvalue weighted by atomic mass is 9.93. The minimum atomic E-state index is -0.633. The number of rotatable bonds is 20. The standard InChI is InChI=1S/C27H32FN3O4.C24H27FN4O3.C22H24FN3O2.2C22H23FN2O2/c1-15-18(14-24(32)23-8-6-7-11-31(23)26(34)35-27(3,4)5)16(2)29-22(15)13-20-19-12-17(28)9-10-21(19)30-25(20)33;1-13-16(12-22(30)21-6-5-9-29(21)24(32)28(3)4)14(2)26-20(13)11-18-17-10-15(25)7-8-19(17)27-23(18)31;1-12-15(11-21(27)19-5-3-4-8-24-19)13(2)25-20(12)10-17-16-9-14(23)6-7-18(16)26-22(17)28;2*1-12-16(11-21(26)14-5-3-4-6-14)13(2)24-20(12)10-18-17-9-15(23)7-8-19(17)25-22(18)27/h9-10,12-13,23,29H,6-8,11,14H2,1-5H3,(H,30,33);7-8,10-11,21,26H,5-6,9,12H2,1-4H3,(H,27,31);6-7,9-10,19,24-25H,3-5,8,11H2,1-2H3,(H,26,28);2*7-10,14,24H,3-6,11H2,1-2H3,(H,25,27)/b20-13-;18-11-;17-10-;2*18-10-/t;21-;;;/m.1.../s1. The molecule has 8 amide bonds. The molecular formula is C117H129F5N14O13. The number of fused-ring (bicyclic) bond motifs is 5. The van der Waals surface area contributed by atoms with Crippen LogP contribution in [0.4, 0.5) is 60.0 Å². The normalized spacial score (nSPS) is 18.9. The van der Waals surface area contributed by atoms with Gasteiger partial charge in [-0.05, 0) is 344 Å². The van der Waals surface area contributed by atoms with E-state index in [0.717, 1.165) is 198 Å². The maximum atomic E-state index is 13.8. The number of hydrogen-bond donors (Lipinski definition) is 11. The topological polar surface area (TPSA) is 375 Å². The lowest BCUT2D eigenvalue weighted by Gasteiger charge is -2.36. The molecular weight excluding hydrogens is 1900 g/mol. The molecule has 27 nitrogen and oxygen atoms in total. The van der Waals surface area contributed by atoms with Crippen molar-refractivity contribution in [1.82, 2.24) is 44.9 Å². The summed E-state index contributed by atoms with van der Waals surface area (Å²) < 4.78 is 74.0. The molecule has 780 valence electrons. The predicted molar refractivity (Wildman–Crippen MR) is 568 cm³/mol. The average molecular weight is 2030 g/mol.